The minimum atomic E-state index is 0.503. The minimum Gasteiger partial charge on any atom is -0.490 e. The molecule has 136 valence electrons. The number of rotatable bonds is 9. The number of benzene rings is 2. The van der Waals surface area contributed by atoms with Gasteiger partial charge >= 0.3 is 0 Å². The fourth-order valence-corrected chi connectivity index (χ4v) is 3.29. The van der Waals surface area contributed by atoms with Crippen molar-refractivity contribution in [1.29, 1.82) is 0 Å². The average Bonchev–Trinajstić information content (AvgIpc) is 3.16. The fraction of sp³-hybridized carbons (Fsp3) is 0.238. The first-order chi connectivity index (χ1) is 12.8. The Morgan fingerprint density at radius 3 is 2.54 bits per heavy atom. The molecule has 0 atom stereocenters. The van der Waals surface area contributed by atoms with Crippen molar-refractivity contribution in [2.75, 3.05) is 6.61 Å². The summed E-state index contributed by atoms with van der Waals surface area (Å²) in [5.74, 6) is 2.47. The molecule has 3 rings (SSSR count). The number of hydrogen-bond acceptors (Lipinski definition) is 3. The summed E-state index contributed by atoms with van der Waals surface area (Å²) in [4.78, 5) is 0. The van der Waals surface area contributed by atoms with Gasteiger partial charge in [0.05, 0.1) is 17.3 Å². The van der Waals surface area contributed by atoms with Gasteiger partial charge < -0.3 is 19.2 Å². The zero-order valence-electron chi connectivity index (χ0n) is 14.8. The molecule has 2 aromatic carbocycles. The normalized spacial score (nSPS) is 10.7. The summed E-state index contributed by atoms with van der Waals surface area (Å²) in [5, 5.41) is 2.20. The van der Waals surface area contributed by atoms with E-state index >= 15 is 0 Å². The molecule has 0 aliphatic heterocycles. The predicted octanol–water partition coefficient (Wildman–Crippen LogP) is 4.28. The van der Waals surface area contributed by atoms with E-state index in [9.17, 15) is 0 Å². The Hall–Kier alpha value is -2.24. The smallest absolute Gasteiger partial charge is 0.175 e. The first-order valence-electron chi connectivity index (χ1n) is 8.72. The van der Waals surface area contributed by atoms with Crippen molar-refractivity contribution in [2.45, 2.75) is 26.6 Å². The van der Waals surface area contributed by atoms with Gasteiger partial charge in [0.25, 0.3) is 0 Å². The van der Waals surface area contributed by atoms with Crippen molar-refractivity contribution >= 4 is 15.9 Å². The van der Waals surface area contributed by atoms with Crippen LogP contribution in [-0.4, -0.2) is 6.61 Å². The van der Waals surface area contributed by atoms with E-state index in [0.29, 0.717) is 13.2 Å². The summed E-state index contributed by atoms with van der Waals surface area (Å²) >= 11 is 3.63. The highest BCUT2D eigenvalue weighted by molar-refractivity contribution is 9.10. The van der Waals surface area contributed by atoms with Gasteiger partial charge in [0.2, 0.25) is 0 Å². The van der Waals surface area contributed by atoms with Crippen LogP contribution in [0.3, 0.4) is 0 Å². The van der Waals surface area contributed by atoms with E-state index < -0.39 is 0 Å². The number of hydrogen-bond donors (Lipinski definition) is 1. The van der Waals surface area contributed by atoms with Crippen LogP contribution in [0.15, 0.2) is 69.8 Å². The van der Waals surface area contributed by atoms with Gasteiger partial charge in [-0.2, -0.15) is 0 Å². The second-order valence-electron chi connectivity index (χ2n) is 5.89. The topological polar surface area (TPSA) is 48.2 Å². The van der Waals surface area contributed by atoms with E-state index in [2.05, 4.69) is 27.3 Å². The first kappa shape index (κ1) is 18.5. The summed E-state index contributed by atoms with van der Waals surface area (Å²) in [7, 11) is 0. The zero-order chi connectivity index (χ0) is 18.2. The van der Waals surface area contributed by atoms with E-state index in [1.54, 1.807) is 6.26 Å². The lowest BCUT2D eigenvalue weighted by Crippen LogP contribution is -2.80. The fourth-order valence-electron chi connectivity index (χ4n) is 2.68. The summed E-state index contributed by atoms with van der Waals surface area (Å²) < 4.78 is 18.1. The molecule has 1 aromatic heterocycles. The van der Waals surface area contributed by atoms with Crippen molar-refractivity contribution in [1.82, 2.24) is 0 Å². The summed E-state index contributed by atoms with van der Waals surface area (Å²) in [6.07, 6.45) is 1.70. The summed E-state index contributed by atoms with van der Waals surface area (Å²) in [5.41, 5.74) is 2.29. The van der Waals surface area contributed by atoms with Crippen LogP contribution in [0, 0.1) is 0 Å². The van der Waals surface area contributed by atoms with E-state index in [-0.39, 0.29) is 0 Å². The van der Waals surface area contributed by atoms with Gasteiger partial charge in [0.15, 0.2) is 17.3 Å². The highest BCUT2D eigenvalue weighted by atomic mass is 79.9. The van der Waals surface area contributed by atoms with Crippen LogP contribution in [0.4, 0.5) is 0 Å². The van der Waals surface area contributed by atoms with Crippen molar-refractivity contribution in [3.63, 3.8) is 0 Å². The van der Waals surface area contributed by atoms with E-state index in [4.69, 9.17) is 13.9 Å². The van der Waals surface area contributed by atoms with Crippen LogP contribution in [0.25, 0.3) is 0 Å². The Morgan fingerprint density at radius 1 is 0.962 bits per heavy atom. The molecular weight excluding hydrogens is 394 g/mol. The van der Waals surface area contributed by atoms with Crippen LogP contribution in [0.2, 0.25) is 0 Å². The van der Waals surface area contributed by atoms with Gasteiger partial charge in [-0.1, -0.05) is 30.3 Å². The van der Waals surface area contributed by atoms with Crippen LogP contribution >= 0.6 is 15.9 Å². The molecule has 0 fully saturated rings. The molecule has 4 nitrogen and oxygen atoms in total. The van der Waals surface area contributed by atoms with Crippen LogP contribution in [-0.2, 0) is 19.7 Å². The van der Waals surface area contributed by atoms with Crippen molar-refractivity contribution in [3.05, 3.63) is 82.2 Å². The molecule has 0 saturated carbocycles. The third-order valence-electron chi connectivity index (χ3n) is 3.90. The van der Waals surface area contributed by atoms with Crippen LogP contribution in [0.1, 0.15) is 23.8 Å². The molecule has 0 unspecified atom stereocenters. The number of nitrogens with two attached hydrogens (primary N) is 1. The zero-order valence-corrected chi connectivity index (χ0v) is 16.4. The molecule has 0 aliphatic rings. The van der Waals surface area contributed by atoms with E-state index in [1.165, 1.54) is 5.56 Å². The largest absolute Gasteiger partial charge is 0.490 e. The molecule has 0 aliphatic carbocycles. The van der Waals surface area contributed by atoms with E-state index in [1.807, 2.05) is 55.5 Å². The lowest BCUT2D eigenvalue weighted by atomic mass is 10.2. The maximum Gasteiger partial charge on any atom is 0.175 e. The number of quaternary nitrogens is 1. The molecule has 1 heterocycles. The highest BCUT2D eigenvalue weighted by Gasteiger charge is 2.13. The SMILES string of the molecule is CCOc1cc(C[NH2+]Cc2ccco2)cc(Br)c1OCc1ccccc1. The van der Waals surface area contributed by atoms with E-state index in [0.717, 1.165) is 40.4 Å². The van der Waals surface area contributed by atoms with Gasteiger partial charge in [0, 0.05) is 5.56 Å². The summed E-state index contributed by atoms with van der Waals surface area (Å²) in [6.45, 7) is 4.71. The molecular formula is C21H23BrNO3+. The maximum absolute atomic E-state index is 6.03. The Kier molecular flexibility index (Phi) is 6.75. The Labute approximate surface area is 162 Å². The third-order valence-corrected chi connectivity index (χ3v) is 4.49. The second-order valence-corrected chi connectivity index (χ2v) is 6.74. The van der Waals surface area contributed by atoms with Crippen molar-refractivity contribution in [2.24, 2.45) is 0 Å². The molecule has 0 amide bonds. The Bertz CT molecular complexity index is 804. The minimum absolute atomic E-state index is 0.503. The first-order valence-corrected chi connectivity index (χ1v) is 9.51. The number of furan rings is 1. The van der Waals surface area contributed by atoms with Gasteiger partial charge in [0.1, 0.15) is 19.7 Å². The average molecular weight is 417 g/mol. The van der Waals surface area contributed by atoms with Gasteiger partial charge in [-0.25, -0.2) is 0 Å². The predicted molar refractivity (Wildman–Crippen MR) is 104 cm³/mol. The van der Waals surface area contributed by atoms with Crippen LogP contribution in [0.5, 0.6) is 11.5 Å². The van der Waals surface area contributed by atoms with Gasteiger partial charge in [-0.3, -0.25) is 0 Å². The highest BCUT2D eigenvalue weighted by Crippen LogP contribution is 2.37. The summed E-state index contributed by atoms with van der Waals surface area (Å²) in [6, 6.07) is 18.1. The second kappa shape index (κ2) is 9.46. The Balaban J connectivity index is 1.68. The third kappa shape index (κ3) is 5.13. The molecule has 5 heteroatoms. The number of ether oxygens (including phenoxy) is 2. The molecule has 0 radical (unpaired) electrons. The Morgan fingerprint density at radius 2 is 1.81 bits per heavy atom. The lowest BCUT2D eigenvalue weighted by Gasteiger charge is -2.15. The molecule has 0 saturated heterocycles. The number of halogens is 1. The molecule has 3 aromatic rings. The van der Waals surface area contributed by atoms with Crippen molar-refractivity contribution < 1.29 is 19.2 Å². The van der Waals surface area contributed by atoms with Crippen LogP contribution < -0.4 is 14.8 Å². The standard InChI is InChI=1S/C21H22BrNO3/c1-2-24-20-12-17(13-23-14-18-9-6-10-25-18)11-19(22)21(20)26-15-16-7-4-3-5-8-16/h3-12,23H,2,13-15H2,1H3/p+1. The van der Waals surface area contributed by atoms with Gasteiger partial charge in [-0.05, 0) is 52.7 Å². The molecule has 2 N–H and O–H groups in total. The molecule has 0 spiro atoms. The maximum atomic E-state index is 6.03. The molecule has 26 heavy (non-hydrogen) atoms. The van der Waals surface area contributed by atoms with Crippen molar-refractivity contribution in [3.8, 4) is 11.5 Å². The van der Waals surface area contributed by atoms with Gasteiger partial charge in [-0.15, -0.1) is 0 Å². The monoisotopic (exact) mass is 416 g/mol. The quantitative estimate of drug-likeness (QED) is 0.565. The molecule has 0 bridgehead atoms. The lowest BCUT2D eigenvalue weighted by molar-refractivity contribution is -0.688.